The maximum absolute atomic E-state index is 10.1. The van der Waals surface area contributed by atoms with Crippen LogP contribution in [0, 0.1) is 13.8 Å². The highest BCUT2D eigenvalue weighted by Gasteiger charge is 2.10. The van der Waals surface area contributed by atoms with Crippen LogP contribution in [0.15, 0.2) is 42.5 Å². The molecule has 0 radical (unpaired) electrons. The summed E-state index contributed by atoms with van der Waals surface area (Å²) < 4.78 is 5.72. The van der Waals surface area contributed by atoms with Crippen LogP contribution in [0.1, 0.15) is 28.4 Å². The molecule has 0 spiro atoms. The predicted octanol–water partition coefficient (Wildman–Crippen LogP) is 2.87. The largest absolute Gasteiger partial charge is 0.490 e. The number of nitrogens with two attached hydrogens (primary N) is 1. The van der Waals surface area contributed by atoms with E-state index in [-0.39, 0.29) is 6.61 Å². The molecule has 0 saturated heterocycles. The molecule has 0 aromatic heterocycles. The standard InChI is InChI=1S/C17H21NO2/c1-12-4-3-5-17(13(12)2)20-11-16(19)15-8-6-14(10-18)7-9-15/h3-9,16,19H,10-11,18H2,1-2H3. The first-order valence-electron chi connectivity index (χ1n) is 6.78. The second kappa shape index (κ2) is 6.55. The molecule has 1 atom stereocenters. The topological polar surface area (TPSA) is 55.5 Å². The molecule has 2 rings (SSSR count). The summed E-state index contributed by atoms with van der Waals surface area (Å²) >= 11 is 0. The van der Waals surface area contributed by atoms with Crippen molar-refractivity contribution in [3.63, 3.8) is 0 Å². The fraction of sp³-hybridized carbons (Fsp3) is 0.294. The van der Waals surface area contributed by atoms with Crippen LogP contribution in [0.25, 0.3) is 0 Å². The number of hydrogen-bond acceptors (Lipinski definition) is 3. The highest BCUT2D eigenvalue weighted by Crippen LogP contribution is 2.22. The molecule has 3 nitrogen and oxygen atoms in total. The summed E-state index contributed by atoms with van der Waals surface area (Å²) in [6, 6.07) is 13.6. The zero-order valence-corrected chi connectivity index (χ0v) is 12.0. The minimum absolute atomic E-state index is 0.242. The lowest BCUT2D eigenvalue weighted by atomic mass is 10.1. The SMILES string of the molecule is Cc1cccc(OCC(O)c2ccc(CN)cc2)c1C. The molecule has 2 aromatic rings. The van der Waals surface area contributed by atoms with Crippen molar-refractivity contribution >= 4 is 0 Å². The van der Waals surface area contributed by atoms with Gasteiger partial charge in [-0.25, -0.2) is 0 Å². The van der Waals surface area contributed by atoms with Gasteiger partial charge in [-0.15, -0.1) is 0 Å². The van der Waals surface area contributed by atoms with Crippen LogP contribution in [0.2, 0.25) is 0 Å². The molecule has 0 aliphatic carbocycles. The van der Waals surface area contributed by atoms with E-state index in [9.17, 15) is 5.11 Å². The Morgan fingerprint density at radius 3 is 2.45 bits per heavy atom. The molecule has 0 saturated carbocycles. The third-order valence-corrected chi connectivity index (χ3v) is 3.55. The van der Waals surface area contributed by atoms with E-state index < -0.39 is 6.10 Å². The van der Waals surface area contributed by atoms with E-state index >= 15 is 0 Å². The fourth-order valence-electron chi connectivity index (χ4n) is 2.02. The Balaban J connectivity index is 2.00. The third kappa shape index (κ3) is 3.38. The highest BCUT2D eigenvalue weighted by atomic mass is 16.5. The number of aryl methyl sites for hydroxylation is 1. The number of ether oxygens (including phenoxy) is 1. The average molecular weight is 271 g/mol. The van der Waals surface area contributed by atoms with Crippen LogP contribution in [-0.2, 0) is 6.54 Å². The molecule has 0 heterocycles. The molecule has 0 bridgehead atoms. The van der Waals surface area contributed by atoms with Crippen molar-refractivity contribution in [1.29, 1.82) is 0 Å². The molecule has 0 amide bonds. The first kappa shape index (κ1) is 14.6. The maximum atomic E-state index is 10.1. The lowest BCUT2D eigenvalue weighted by molar-refractivity contribution is 0.108. The van der Waals surface area contributed by atoms with E-state index in [1.165, 1.54) is 5.56 Å². The smallest absolute Gasteiger partial charge is 0.122 e. The summed E-state index contributed by atoms with van der Waals surface area (Å²) in [7, 11) is 0. The summed E-state index contributed by atoms with van der Waals surface area (Å²) in [5, 5.41) is 10.1. The Kier molecular flexibility index (Phi) is 4.77. The number of aliphatic hydroxyl groups excluding tert-OH is 1. The van der Waals surface area contributed by atoms with Gasteiger partial charge in [0.2, 0.25) is 0 Å². The van der Waals surface area contributed by atoms with E-state index in [4.69, 9.17) is 10.5 Å². The molecular formula is C17H21NO2. The molecule has 0 aliphatic heterocycles. The van der Waals surface area contributed by atoms with Crippen molar-refractivity contribution in [3.8, 4) is 5.75 Å². The van der Waals surface area contributed by atoms with Crippen LogP contribution in [0.5, 0.6) is 5.75 Å². The summed E-state index contributed by atoms with van der Waals surface area (Å²) in [5.41, 5.74) is 9.74. The summed E-state index contributed by atoms with van der Waals surface area (Å²) in [6.07, 6.45) is -0.637. The molecule has 20 heavy (non-hydrogen) atoms. The second-order valence-corrected chi connectivity index (χ2v) is 4.97. The summed E-state index contributed by atoms with van der Waals surface area (Å²) in [6.45, 7) is 4.82. The first-order chi connectivity index (χ1) is 9.61. The molecule has 1 unspecified atom stereocenters. The first-order valence-corrected chi connectivity index (χ1v) is 6.78. The van der Waals surface area contributed by atoms with Gasteiger partial charge in [0, 0.05) is 6.54 Å². The van der Waals surface area contributed by atoms with Crippen LogP contribution >= 0.6 is 0 Å². The predicted molar refractivity (Wildman–Crippen MR) is 80.7 cm³/mol. The number of aliphatic hydroxyl groups is 1. The van der Waals surface area contributed by atoms with Crippen LogP contribution in [0.3, 0.4) is 0 Å². The quantitative estimate of drug-likeness (QED) is 0.879. The van der Waals surface area contributed by atoms with E-state index in [0.717, 1.165) is 22.4 Å². The van der Waals surface area contributed by atoms with Gasteiger partial charge in [0.15, 0.2) is 0 Å². The van der Waals surface area contributed by atoms with Gasteiger partial charge in [0.25, 0.3) is 0 Å². The number of hydrogen-bond donors (Lipinski definition) is 2. The van der Waals surface area contributed by atoms with Gasteiger partial charge in [-0.1, -0.05) is 36.4 Å². The summed E-state index contributed by atoms with van der Waals surface area (Å²) in [4.78, 5) is 0. The number of rotatable bonds is 5. The van der Waals surface area contributed by atoms with Crippen molar-refractivity contribution < 1.29 is 9.84 Å². The van der Waals surface area contributed by atoms with Crippen LogP contribution < -0.4 is 10.5 Å². The van der Waals surface area contributed by atoms with Gasteiger partial charge in [0.1, 0.15) is 18.5 Å². The van der Waals surface area contributed by atoms with Gasteiger partial charge < -0.3 is 15.6 Å². The summed E-state index contributed by atoms with van der Waals surface area (Å²) in [5.74, 6) is 0.822. The van der Waals surface area contributed by atoms with Gasteiger partial charge in [-0.2, -0.15) is 0 Å². The maximum Gasteiger partial charge on any atom is 0.122 e. The van der Waals surface area contributed by atoms with Gasteiger partial charge in [-0.05, 0) is 42.2 Å². The normalized spacial score (nSPS) is 12.2. The average Bonchev–Trinajstić information content (AvgIpc) is 2.48. The molecule has 0 aliphatic rings. The van der Waals surface area contributed by atoms with Gasteiger partial charge in [-0.3, -0.25) is 0 Å². The highest BCUT2D eigenvalue weighted by molar-refractivity contribution is 5.38. The molecule has 2 aromatic carbocycles. The monoisotopic (exact) mass is 271 g/mol. The van der Waals surface area contributed by atoms with Crippen LogP contribution in [-0.4, -0.2) is 11.7 Å². The van der Waals surface area contributed by atoms with Crippen LogP contribution in [0.4, 0.5) is 0 Å². The fourth-order valence-corrected chi connectivity index (χ4v) is 2.02. The van der Waals surface area contributed by atoms with E-state index in [1.807, 2.05) is 56.3 Å². The Hall–Kier alpha value is -1.84. The van der Waals surface area contributed by atoms with Crippen molar-refractivity contribution in [2.24, 2.45) is 5.73 Å². The Labute approximate surface area is 120 Å². The second-order valence-electron chi connectivity index (χ2n) is 4.97. The van der Waals surface area contributed by atoms with E-state index in [1.54, 1.807) is 0 Å². The molecule has 3 heteroatoms. The van der Waals surface area contributed by atoms with Crippen molar-refractivity contribution in [1.82, 2.24) is 0 Å². The lowest BCUT2D eigenvalue weighted by Crippen LogP contribution is -2.10. The zero-order chi connectivity index (χ0) is 14.5. The molecular weight excluding hydrogens is 250 g/mol. The van der Waals surface area contributed by atoms with Crippen molar-refractivity contribution in [2.75, 3.05) is 6.61 Å². The Morgan fingerprint density at radius 1 is 1.10 bits per heavy atom. The molecule has 3 N–H and O–H groups in total. The Bertz CT molecular complexity index is 564. The van der Waals surface area contributed by atoms with Gasteiger partial charge in [0.05, 0.1) is 0 Å². The molecule has 0 fully saturated rings. The van der Waals surface area contributed by atoms with E-state index in [2.05, 4.69) is 0 Å². The minimum atomic E-state index is -0.637. The zero-order valence-electron chi connectivity index (χ0n) is 12.0. The third-order valence-electron chi connectivity index (χ3n) is 3.55. The lowest BCUT2D eigenvalue weighted by Gasteiger charge is -2.15. The van der Waals surface area contributed by atoms with Crippen molar-refractivity contribution in [2.45, 2.75) is 26.5 Å². The molecule has 106 valence electrons. The van der Waals surface area contributed by atoms with Crippen molar-refractivity contribution in [3.05, 3.63) is 64.7 Å². The Morgan fingerprint density at radius 2 is 1.80 bits per heavy atom. The number of benzene rings is 2. The van der Waals surface area contributed by atoms with Gasteiger partial charge >= 0.3 is 0 Å². The van der Waals surface area contributed by atoms with E-state index in [0.29, 0.717) is 6.54 Å². The minimum Gasteiger partial charge on any atom is -0.490 e.